The molecule has 0 spiro atoms. The zero-order valence-electron chi connectivity index (χ0n) is 14.6. The average molecular weight is 365 g/mol. The van der Waals surface area contributed by atoms with Crippen molar-refractivity contribution in [1.82, 2.24) is 14.9 Å². The number of nitriles is 1. The van der Waals surface area contributed by atoms with Gasteiger partial charge in [-0.05, 0) is 25.0 Å². The van der Waals surface area contributed by atoms with Crippen molar-refractivity contribution >= 4 is 5.82 Å². The van der Waals surface area contributed by atoms with Gasteiger partial charge in [-0.2, -0.15) is 5.26 Å². The molecule has 1 aromatic carbocycles. The van der Waals surface area contributed by atoms with Crippen molar-refractivity contribution in [2.75, 3.05) is 24.5 Å². The zero-order valence-corrected chi connectivity index (χ0v) is 14.6. The van der Waals surface area contributed by atoms with Crippen LogP contribution < -0.4 is 4.90 Å². The van der Waals surface area contributed by atoms with Crippen LogP contribution in [-0.4, -0.2) is 46.6 Å². The fourth-order valence-electron chi connectivity index (χ4n) is 3.83. The second kappa shape index (κ2) is 7.30. The molecule has 2 aliphatic heterocycles. The maximum Gasteiger partial charge on any atom is 0.183 e. The molecule has 7 heteroatoms. The second-order valence-electron chi connectivity index (χ2n) is 6.70. The van der Waals surface area contributed by atoms with Crippen LogP contribution >= 0.6 is 0 Å². The van der Waals surface area contributed by atoms with E-state index in [1.165, 1.54) is 18.3 Å². The molecule has 2 fully saturated rings. The number of rotatable bonds is 1. The molecule has 4 rings (SSSR count). The highest BCUT2D eigenvalue weighted by molar-refractivity contribution is 5.50. The van der Waals surface area contributed by atoms with Gasteiger partial charge in [-0.3, -0.25) is 4.90 Å². The van der Waals surface area contributed by atoms with E-state index in [9.17, 15) is 14.0 Å². The Morgan fingerprint density at radius 3 is 2.59 bits per heavy atom. The Morgan fingerprint density at radius 1 is 1.04 bits per heavy atom. The van der Waals surface area contributed by atoms with E-state index >= 15 is 0 Å². The molecule has 1 aromatic heterocycles. The van der Waals surface area contributed by atoms with Crippen LogP contribution in [0.3, 0.4) is 0 Å². The van der Waals surface area contributed by atoms with Crippen LogP contribution in [0.1, 0.15) is 24.1 Å². The highest BCUT2D eigenvalue weighted by Gasteiger charge is 2.37. The number of hydrogen-bond donors (Lipinski definition) is 0. The van der Waals surface area contributed by atoms with Crippen LogP contribution in [0.25, 0.3) is 0 Å². The van der Waals surface area contributed by atoms with Gasteiger partial charge in [0.25, 0.3) is 0 Å². The average Bonchev–Trinajstić information content (AvgIpc) is 3.08. The van der Waals surface area contributed by atoms with Crippen molar-refractivity contribution in [3.8, 4) is 17.9 Å². The van der Waals surface area contributed by atoms with E-state index in [0.29, 0.717) is 23.1 Å². The summed E-state index contributed by atoms with van der Waals surface area (Å²) in [6.07, 6.45) is 5.02. The van der Waals surface area contributed by atoms with Gasteiger partial charge in [0.05, 0.1) is 6.04 Å². The lowest BCUT2D eigenvalue weighted by atomic mass is 10.1. The largest absolute Gasteiger partial charge is 0.351 e. The molecule has 2 aliphatic rings. The summed E-state index contributed by atoms with van der Waals surface area (Å²) >= 11 is 0. The lowest BCUT2D eigenvalue weighted by molar-refractivity contribution is 0.202. The molecule has 0 saturated carbocycles. The highest BCUT2D eigenvalue weighted by Crippen LogP contribution is 2.29. The van der Waals surface area contributed by atoms with Gasteiger partial charge < -0.3 is 4.90 Å². The fraction of sp³-hybridized carbons (Fsp3) is 0.350. The summed E-state index contributed by atoms with van der Waals surface area (Å²) < 4.78 is 26.6. The van der Waals surface area contributed by atoms with Gasteiger partial charge in [0.15, 0.2) is 11.5 Å². The predicted octanol–water partition coefficient (Wildman–Crippen LogP) is 2.33. The lowest BCUT2D eigenvalue weighted by Gasteiger charge is -2.39. The highest BCUT2D eigenvalue weighted by atomic mass is 19.1. The first kappa shape index (κ1) is 17.4. The number of halogens is 2. The Labute approximate surface area is 156 Å². The van der Waals surface area contributed by atoms with E-state index in [1.807, 2.05) is 0 Å². The van der Waals surface area contributed by atoms with E-state index in [-0.39, 0.29) is 6.04 Å². The zero-order chi connectivity index (χ0) is 18.8. The maximum absolute atomic E-state index is 13.3. The minimum atomic E-state index is -0.616. The first-order valence-corrected chi connectivity index (χ1v) is 8.83. The van der Waals surface area contributed by atoms with Gasteiger partial charge in [0.1, 0.15) is 17.7 Å². The molecule has 2 aromatic rings. The van der Waals surface area contributed by atoms with Crippen molar-refractivity contribution < 1.29 is 8.78 Å². The number of hydrogen-bond acceptors (Lipinski definition) is 5. The molecule has 2 saturated heterocycles. The Morgan fingerprint density at radius 2 is 1.81 bits per heavy atom. The van der Waals surface area contributed by atoms with Gasteiger partial charge in [0, 0.05) is 49.7 Å². The quantitative estimate of drug-likeness (QED) is 0.726. The van der Waals surface area contributed by atoms with Crippen LogP contribution in [0.2, 0.25) is 0 Å². The maximum atomic E-state index is 13.3. The molecule has 0 unspecified atom stereocenters. The van der Waals surface area contributed by atoms with E-state index in [1.54, 1.807) is 6.20 Å². The summed E-state index contributed by atoms with van der Waals surface area (Å²) in [6, 6.07) is 5.82. The summed E-state index contributed by atoms with van der Waals surface area (Å²) in [4.78, 5) is 12.8. The van der Waals surface area contributed by atoms with E-state index < -0.39 is 11.6 Å². The van der Waals surface area contributed by atoms with Crippen molar-refractivity contribution in [1.29, 1.82) is 5.26 Å². The summed E-state index contributed by atoms with van der Waals surface area (Å²) in [5, 5.41) is 9.23. The van der Waals surface area contributed by atoms with Gasteiger partial charge in [-0.1, -0.05) is 11.8 Å². The van der Waals surface area contributed by atoms with E-state index in [0.717, 1.165) is 38.5 Å². The number of nitrogens with zero attached hydrogens (tertiary/aromatic N) is 5. The Balaban J connectivity index is 1.47. The molecular formula is C20H17F2N5. The number of fused-ring (bicyclic) bond motifs is 1. The summed E-state index contributed by atoms with van der Waals surface area (Å²) in [6.45, 7) is 2.29. The predicted molar refractivity (Wildman–Crippen MR) is 95.7 cm³/mol. The van der Waals surface area contributed by atoms with E-state index in [2.05, 4.69) is 37.7 Å². The van der Waals surface area contributed by atoms with Crippen LogP contribution in [0, 0.1) is 34.8 Å². The fourth-order valence-corrected chi connectivity index (χ4v) is 3.83. The SMILES string of the molecule is N#Cc1nccnc1N1CCN2[C@@H](CC[C@@H]2C#Cc2cc(F)cc(F)c2)C1. The molecule has 2 atom stereocenters. The summed E-state index contributed by atoms with van der Waals surface area (Å²) in [5.74, 6) is 5.48. The third-order valence-electron chi connectivity index (χ3n) is 5.03. The molecule has 0 aliphatic carbocycles. The first-order valence-electron chi connectivity index (χ1n) is 8.83. The first-order chi connectivity index (χ1) is 13.1. The van der Waals surface area contributed by atoms with Crippen LogP contribution in [-0.2, 0) is 0 Å². The second-order valence-corrected chi connectivity index (χ2v) is 6.70. The van der Waals surface area contributed by atoms with Gasteiger partial charge >= 0.3 is 0 Å². The van der Waals surface area contributed by atoms with Crippen LogP contribution in [0.15, 0.2) is 30.6 Å². The van der Waals surface area contributed by atoms with Gasteiger partial charge in [0.2, 0.25) is 0 Å². The molecule has 3 heterocycles. The molecule has 5 nitrogen and oxygen atoms in total. The van der Waals surface area contributed by atoms with Gasteiger partial charge in [-0.25, -0.2) is 18.7 Å². The molecular weight excluding hydrogens is 348 g/mol. The Kier molecular flexibility index (Phi) is 4.70. The lowest BCUT2D eigenvalue weighted by Crippen LogP contribution is -2.52. The summed E-state index contributed by atoms with van der Waals surface area (Å²) in [7, 11) is 0. The van der Waals surface area contributed by atoms with Crippen molar-refractivity contribution in [3.63, 3.8) is 0 Å². The Hall–Kier alpha value is -3.03. The number of piperazine rings is 1. The van der Waals surface area contributed by atoms with Crippen molar-refractivity contribution in [2.24, 2.45) is 0 Å². The molecule has 0 N–H and O–H groups in total. The molecule has 0 bridgehead atoms. The third-order valence-corrected chi connectivity index (χ3v) is 5.03. The minimum absolute atomic E-state index is 0.0702. The van der Waals surface area contributed by atoms with Crippen molar-refractivity contribution in [2.45, 2.75) is 24.9 Å². The normalized spacial score (nSPS) is 21.9. The molecule has 0 amide bonds. The molecule has 27 heavy (non-hydrogen) atoms. The monoisotopic (exact) mass is 365 g/mol. The minimum Gasteiger partial charge on any atom is -0.351 e. The van der Waals surface area contributed by atoms with Crippen molar-refractivity contribution in [3.05, 3.63) is 53.5 Å². The third kappa shape index (κ3) is 3.60. The smallest absolute Gasteiger partial charge is 0.183 e. The van der Waals surface area contributed by atoms with Crippen LogP contribution in [0.5, 0.6) is 0 Å². The summed E-state index contributed by atoms with van der Waals surface area (Å²) in [5.41, 5.74) is 0.696. The van der Waals surface area contributed by atoms with Crippen LogP contribution in [0.4, 0.5) is 14.6 Å². The van der Waals surface area contributed by atoms with Gasteiger partial charge in [-0.15, -0.1) is 0 Å². The topological polar surface area (TPSA) is 56.1 Å². The van der Waals surface area contributed by atoms with E-state index in [4.69, 9.17) is 0 Å². The standard InChI is InChI=1S/C20H17F2N5/c21-15-9-14(10-16(22)11-15)1-2-17-3-4-18-13-26(7-8-27(17)18)20-19(12-23)24-5-6-25-20/h5-6,9-11,17-18H,3-4,7-8,13H2/t17-,18-/m0/s1. The Bertz CT molecular complexity index is 939. The number of anilines is 1. The molecule has 136 valence electrons. The number of benzene rings is 1. The number of aromatic nitrogens is 2. The molecule has 0 radical (unpaired) electrons.